The van der Waals surface area contributed by atoms with E-state index in [1.54, 1.807) is 0 Å². The summed E-state index contributed by atoms with van der Waals surface area (Å²) in [6.45, 7) is 10.7. The van der Waals surface area contributed by atoms with E-state index < -0.39 is 0 Å². The first-order chi connectivity index (χ1) is 6.47. The molecule has 1 heterocycles. The smallest absolute Gasteiger partial charge is 0.0679 e. The van der Waals surface area contributed by atoms with Crippen LogP contribution in [-0.2, 0) is 0 Å². The Bertz CT molecular complexity index is 165. The van der Waals surface area contributed by atoms with Crippen LogP contribution in [0.4, 0.5) is 0 Å². The fourth-order valence-electron chi connectivity index (χ4n) is 1.78. The largest absolute Gasteiger partial charge is 0.392 e. The Morgan fingerprint density at radius 1 is 1.43 bits per heavy atom. The van der Waals surface area contributed by atoms with Crippen LogP contribution in [0, 0.1) is 0 Å². The minimum atomic E-state index is -0.0782. The molecule has 1 atom stereocenters. The molecule has 0 bridgehead atoms. The van der Waals surface area contributed by atoms with Crippen molar-refractivity contribution in [2.45, 2.75) is 45.3 Å². The number of likely N-dealkylation sites (tertiary alicyclic amines) is 1. The Morgan fingerprint density at radius 3 is 2.64 bits per heavy atom. The van der Waals surface area contributed by atoms with Crippen molar-refractivity contribution in [3.8, 4) is 0 Å². The number of aliphatic hydroxyl groups excluding tert-OH is 1. The van der Waals surface area contributed by atoms with Crippen LogP contribution in [0.2, 0.25) is 0 Å². The monoisotopic (exact) mass is 200 g/mol. The second-order valence-electron chi connectivity index (χ2n) is 5.27. The quantitative estimate of drug-likeness (QED) is 0.660. The van der Waals surface area contributed by atoms with Crippen LogP contribution in [0.5, 0.6) is 0 Å². The fourth-order valence-corrected chi connectivity index (χ4v) is 1.78. The average molecular weight is 200 g/mol. The van der Waals surface area contributed by atoms with E-state index in [4.69, 9.17) is 0 Å². The predicted octanol–water partition coefficient (Wildman–Crippen LogP) is 0.831. The van der Waals surface area contributed by atoms with Crippen molar-refractivity contribution in [3.05, 3.63) is 0 Å². The van der Waals surface area contributed by atoms with Gasteiger partial charge in [0.05, 0.1) is 6.10 Å². The summed E-state index contributed by atoms with van der Waals surface area (Å²) in [5.74, 6) is 0. The molecule has 0 aromatic carbocycles. The maximum absolute atomic E-state index is 9.33. The second-order valence-corrected chi connectivity index (χ2v) is 5.27. The lowest BCUT2D eigenvalue weighted by atomic mass is 10.1. The highest BCUT2D eigenvalue weighted by Gasteiger charge is 2.19. The normalized spacial score (nSPS) is 24.4. The van der Waals surface area contributed by atoms with Gasteiger partial charge in [-0.3, -0.25) is 0 Å². The van der Waals surface area contributed by atoms with Gasteiger partial charge in [0.25, 0.3) is 0 Å². The molecule has 3 heteroatoms. The van der Waals surface area contributed by atoms with Crippen molar-refractivity contribution in [1.29, 1.82) is 0 Å². The third-order valence-corrected chi connectivity index (χ3v) is 2.55. The predicted molar refractivity (Wildman–Crippen MR) is 59.4 cm³/mol. The Balaban J connectivity index is 1.99. The molecule has 1 aliphatic rings. The Kier molecular flexibility index (Phi) is 4.35. The molecular formula is C11H24N2O. The standard InChI is InChI=1S/C11H24N2O/c1-11(2,3)12-6-4-7-13-8-5-10(14)9-13/h10,12,14H,4-9H2,1-3H3/t10-/m0/s1. The summed E-state index contributed by atoms with van der Waals surface area (Å²) in [6, 6.07) is 0. The lowest BCUT2D eigenvalue weighted by Gasteiger charge is -2.21. The Labute approximate surface area is 87.5 Å². The van der Waals surface area contributed by atoms with E-state index in [1.165, 1.54) is 6.42 Å². The first kappa shape index (κ1) is 12.0. The van der Waals surface area contributed by atoms with Crippen molar-refractivity contribution in [2.24, 2.45) is 0 Å². The molecule has 1 aliphatic heterocycles. The van der Waals surface area contributed by atoms with Crippen molar-refractivity contribution < 1.29 is 5.11 Å². The van der Waals surface area contributed by atoms with E-state index >= 15 is 0 Å². The molecule has 0 saturated carbocycles. The molecule has 1 saturated heterocycles. The fraction of sp³-hybridized carbons (Fsp3) is 1.00. The summed E-state index contributed by atoms with van der Waals surface area (Å²) in [5.41, 5.74) is 0.227. The minimum absolute atomic E-state index is 0.0782. The van der Waals surface area contributed by atoms with Crippen molar-refractivity contribution in [1.82, 2.24) is 10.2 Å². The van der Waals surface area contributed by atoms with E-state index in [2.05, 4.69) is 31.0 Å². The first-order valence-corrected chi connectivity index (χ1v) is 5.63. The third-order valence-electron chi connectivity index (χ3n) is 2.55. The van der Waals surface area contributed by atoms with Gasteiger partial charge < -0.3 is 15.3 Å². The van der Waals surface area contributed by atoms with Gasteiger partial charge >= 0.3 is 0 Å². The zero-order valence-electron chi connectivity index (χ0n) is 9.71. The summed E-state index contributed by atoms with van der Waals surface area (Å²) in [7, 11) is 0. The van der Waals surface area contributed by atoms with Crippen LogP contribution in [0.15, 0.2) is 0 Å². The minimum Gasteiger partial charge on any atom is -0.392 e. The molecule has 0 aromatic rings. The maximum Gasteiger partial charge on any atom is 0.0679 e. The number of nitrogens with one attached hydrogen (secondary N) is 1. The van der Waals surface area contributed by atoms with E-state index in [9.17, 15) is 5.11 Å². The molecule has 0 aliphatic carbocycles. The van der Waals surface area contributed by atoms with Gasteiger partial charge in [-0.15, -0.1) is 0 Å². The summed E-state index contributed by atoms with van der Waals surface area (Å²) >= 11 is 0. The Hall–Kier alpha value is -0.120. The van der Waals surface area contributed by atoms with E-state index in [0.29, 0.717) is 0 Å². The van der Waals surface area contributed by atoms with Crippen LogP contribution in [0.1, 0.15) is 33.6 Å². The lowest BCUT2D eigenvalue weighted by molar-refractivity contribution is 0.175. The molecule has 1 rings (SSSR count). The number of nitrogens with zero attached hydrogens (tertiary/aromatic N) is 1. The lowest BCUT2D eigenvalue weighted by Crippen LogP contribution is -2.37. The summed E-state index contributed by atoms with van der Waals surface area (Å²) in [4.78, 5) is 2.34. The van der Waals surface area contributed by atoms with Gasteiger partial charge in [-0.2, -0.15) is 0 Å². The van der Waals surface area contributed by atoms with Gasteiger partial charge in [-0.05, 0) is 46.7 Å². The number of hydrogen-bond acceptors (Lipinski definition) is 3. The van der Waals surface area contributed by atoms with Gasteiger partial charge in [-0.1, -0.05) is 0 Å². The van der Waals surface area contributed by atoms with Crippen molar-refractivity contribution in [2.75, 3.05) is 26.2 Å². The number of hydrogen-bond donors (Lipinski definition) is 2. The highest BCUT2D eigenvalue weighted by Crippen LogP contribution is 2.08. The molecule has 14 heavy (non-hydrogen) atoms. The number of rotatable bonds is 4. The average Bonchev–Trinajstić information content (AvgIpc) is 2.44. The first-order valence-electron chi connectivity index (χ1n) is 5.63. The van der Waals surface area contributed by atoms with Gasteiger partial charge in [0, 0.05) is 18.6 Å². The topological polar surface area (TPSA) is 35.5 Å². The SMILES string of the molecule is CC(C)(C)NCCCN1CC[C@H](O)C1. The second kappa shape index (κ2) is 5.10. The zero-order valence-corrected chi connectivity index (χ0v) is 9.71. The molecule has 2 N–H and O–H groups in total. The molecule has 0 aromatic heterocycles. The van der Waals surface area contributed by atoms with Gasteiger partial charge in [0.2, 0.25) is 0 Å². The number of β-amino-alcohol motifs (C(OH)–C–C–N with tert-alkyl or cyclic N) is 1. The van der Waals surface area contributed by atoms with Gasteiger partial charge in [-0.25, -0.2) is 0 Å². The summed E-state index contributed by atoms with van der Waals surface area (Å²) in [6.07, 6.45) is 2.04. The Morgan fingerprint density at radius 2 is 2.14 bits per heavy atom. The molecule has 3 nitrogen and oxygen atoms in total. The maximum atomic E-state index is 9.33. The summed E-state index contributed by atoms with van der Waals surface area (Å²) < 4.78 is 0. The van der Waals surface area contributed by atoms with Crippen molar-refractivity contribution in [3.63, 3.8) is 0 Å². The molecule has 1 fully saturated rings. The van der Waals surface area contributed by atoms with Crippen LogP contribution in [0.3, 0.4) is 0 Å². The zero-order chi connectivity index (χ0) is 10.6. The third kappa shape index (κ3) is 4.94. The van der Waals surface area contributed by atoms with Crippen LogP contribution in [-0.4, -0.2) is 47.8 Å². The van der Waals surface area contributed by atoms with Crippen molar-refractivity contribution >= 4 is 0 Å². The number of aliphatic hydroxyl groups is 1. The van der Waals surface area contributed by atoms with Gasteiger partial charge in [0.1, 0.15) is 0 Å². The molecule has 0 spiro atoms. The molecular weight excluding hydrogens is 176 g/mol. The molecule has 84 valence electrons. The van der Waals surface area contributed by atoms with Crippen LogP contribution < -0.4 is 5.32 Å². The van der Waals surface area contributed by atoms with E-state index in [1.807, 2.05) is 0 Å². The van der Waals surface area contributed by atoms with E-state index in [-0.39, 0.29) is 11.6 Å². The van der Waals surface area contributed by atoms with Crippen LogP contribution >= 0.6 is 0 Å². The van der Waals surface area contributed by atoms with Gasteiger partial charge in [0.15, 0.2) is 0 Å². The molecule has 0 radical (unpaired) electrons. The highest BCUT2D eigenvalue weighted by atomic mass is 16.3. The highest BCUT2D eigenvalue weighted by molar-refractivity contribution is 4.75. The molecule has 0 amide bonds. The van der Waals surface area contributed by atoms with Crippen LogP contribution in [0.25, 0.3) is 0 Å². The van der Waals surface area contributed by atoms with E-state index in [0.717, 1.165) is 32.6 Å². The summed E-state index contributed by atoms with van der Waals surface area (Å²) in [5, 5.41) is 12.8. The molecule has 0 unspecified atom stereocenters.